The zero-order valence-corrected chi connectivity index (χ0v) is 12.3. The zero-order chi connectivity index (χ0) is 14.0. The lowest BCUT2D eigenvalue weighted by molar-refractivity contribution is 0.602. The van der Waals surface area contributed by atoms with E-state index in [1.54, 1.807) is 18.2 Å². The highest BCUT2D eigenvalue weighted by Gasteiger charge is 2.14. The van der Waals surface area contributed by atoms with Crippen molar-refractivity contribution in [2.45, 2.75) is 24.3 Å². The third-order valence-corrected chi connectivity index (χ3v) is 4.92. The van der Waals surface area contributed by atoms with Crippen LogP contribution in [-0.4, -0.2) is 24.9 Å². The average molecular weight is 297 g/mol. The van der Waals surface area contributed by atoms with Gasteiger partial charge in [-0.3, -0.25) is 0 Å². The minimum absolute atomic E-state index is 0.121. The largest absolute Gasteiger partial charge is 0.322 e. The molecule has 0 bridgehead atoms. The topological polar surface area (TPSA) is 85.9 Å². The molecule has 5 nitrogen and oxygen atoms in total. The minimum atomic E-state index is -3.22. The number of nitrogens with zero attached hydrogens (tertiary/aromatic N) is 2. The Balaban J connectivity index is 2.40. The summed E-state index contributed by atoms with van der Waals surface area (Å²) in [7, 11) is -3.22. The van der Waals surface area contributed by atoms with Crippen molar-refractivity contribution in [1.82, 2.24) is 10.2 Å². The molecule has 0 aliphatic rings. The molecule has 2 N–H and O–H groups in total. The van der Waals surface area contributed by atoms with E-state index in [9.17, 15) is 8.42 Å². The molecule has 1 aromatic heterocycles. The number of hydrogen-bond donors (Lipinski definition) is 1. The van der Waals surface area contributed by atoms with Crippen molar-refractivity contribution in [2.75, 3.05) is 6.26 Å². The lowest BCUT2D eigenvalue weighted by Gasteiger charge is -2.01. The van der Waals surface area contributed by atoms with Crippen LogP contribution in [0.3, 0.4) is 0 Å². The van der Waals surface area contributed by atoms with E-state index in [0.29, 0.717) is 5.01 Å². The van der Waals surface area contributed by atoms with Crippen LogP contribution in [0.15, 0.2) is 29.2 Å². The molecule has 0 aliphatic heterocycles. The highest BCUT2D eigenvalue weighted by atomic mass is 32.2. The Labute approximate surface area is 116 Å². The molecule has 0 radical (unpaired) electrons. The molecule has 1 unspecified atom stereocenters. The van der Waals surface area contributed by atoms with Crippen LogP contribution >= 0.6 is 11.3 Å². The Hall–Kier alpha value is -1.31. The second-order valence-corrected chi connectivity index (χ2v) is 7.29. The molecule has 19 heavy (non-hydrogen) atoms. The summed E-state index contributed by atoms with van der Waals surface area (Å²) in [4.78, 5) is 0.279. The monoisotopic (exact) mass is 297 g/mol. The first-order valence-electron chi connectivity index (χ1n) is 5.81. The van der Waals surface area contributed by atoms with E-state index >= 15 is 0 Å². The van der Waals surface area contributed by atoms with Gasteiger partial charge in [0.1, 0.15) is 10.0 Å². The van der Waals surface area contributed by atoms with Crippen LogP contribution in [0.5, 0.6) is 0 Å². The summed E-state index contributed by atoms with van der Waals surface area (Å²) in [6, 6.07) is 6.57. The minimum Gasteiger partial charge on any atom is -0.322 e. The standard InChI is InChI=1S/C12H15N3O2S2/c1-3-10(13)12-15-14-11(18-12)8-5-4-6-9(7-8)19(2,16)17/h4-7,10H,3,13H2,1-2H3. The molecule has 0 fully saturated rings. The fraction of sp³-hybridized carbons (Fsp3) is 0.333. The Bertz CT molecular complexity index is 680. The Morgan fingerprint density at radius 2 is 2.11 bits per heavy atom. The fourth-order valence-electron chi connectivity index (χ4n) is 1.54. The molecule has 0 saturated heterocycles. The molecule has 0 aliphatic carbocycles. The normalized spacial score (nSPS) is 13.4. The molecule has 1 atom stereocenters. The van der Waals surface area contributed by atoms with Gasteiger partial charge in [0.15, 0.2) is 9.84 Å². The third kappa shape index (κ3) is 3.17. The summed E-state index contributed by atoms with van der Waals surface area (Å²) in [6.07, 6.45) is 1.97. The van der Waals surface area contributed by atoms with Gasteiger partial charge in [-0.15, -0.1) is 10.2 Å². The van der Waals surface area contributed by atoms with E-state index in [0.717, 1.165) is 17.0 Å². The molecule has 1 aromatic carbocycles. The van der Waals surface area contributed by atoms with Gasteiger partial charge in [-0.1, -0.05) is 30.4 Å². The highest BCUT2D eigenvalue weighted by Crippen LogP contribution is 2.28. The number of aromatic nitrogens is 2. The average Bonchev–Trinajstić information content (AvgIpc) is 2.86. The molecular formula is C12H15N3O2S2. The molecule has 1 heterocycles. The number of benzene rings is 1. The molecular weight excluding hydrogens is 282 g/mol. The Morgan fingerprint density at radius 3 is 2.74 bits per heavy atom. The van der Waals surface area contributed by atoms with E-state index in [1.165, 1.54) is 17.6 Å². The fourth-order valence-corrected chi connectivity index (χ4v) is 3.13. The molecule has 2 rings (SSSR count). The van der Waals surface area contributed by atoms with Crippen molar-refractivity contribution in [3.8, 4) is 10.6 Å². The maximum atomic E-state index is 11.5. The predicted octanol–water partition coefficient (Wildman–Crippen LogP) is 2.02. The Morgan fingerprint density at radius 1 is 1.37 bits per heavy atom. The first kappa shape index (κ1) is 14.1. The lowest BCUT2D eigenvalue weighted by Crippen LogP contribution is -2.07. The molecule has 2 aromatic rings. The summed E-state index contributed by atoms with van der Waals surface area (Å²) >= 11 is 1.40. The first-order valence-corrected chi connectivity index (χ1v) is 8.52. The second kappa shape index (κ2) is 5.36. The molecule has 0 spiro atoms. The SMILES string of the molecule is CCC(N)c1nnc(-c2cccc(S(C)(=O)=O)c2)s1. The number of rotatable bonds is 4. The number of hydrogen-bond acceptors (Lipinski definition) is 6. The van der Waals surface area contributed by atoms with Gasteiger partial charge in [0.2, 0.25) is 0 Å². The predicted molar refractivity (Wildman–Crippen MR) is 75.7 cm³/mol. The van der Waals surface area contributed by atoms with Crippen LogP contribution < -0.4 is 5.73 Å². The van der Waals surface area contributed by atoms with E-state index in [-0.39, 0.29) is 10.9 Å². The Kier molecular flexibility index (Phi) is 3.98. The van der Waals surface area contributed by atoms with Crippen molar-refractivity contribution < 1.29 is 8.42 Å². The first-order chi connectivity index (χ1) is 8.91. The van der Waals surface area contributed by atoms with Gasteiger partial charge < -0.3 is 5.73 Å². The van der Waals surface area contributed by atoms with Crippen LogP contribution in [0.25, 0.3) is 10.6 Å². The van der Waals surface area contributed by atoms with Gasteiger partial charge >= 0.3 is 0 Å². The lowest BCUT2D eigenvalue weighted by atomic mass is 10.2. The van der Waals surface area contributed by atoms with Gasteiger partial charge in [-0.2, -0.15) is 0 Å². The van der Waals surface area contributed by atoms with Crippen LogP contribution in [0.4, 0.5) is 0 Å². The summed E-state index contributed by atoms with van der Waals surface area (Å²) in [5, 5.41) is 9.57. The maximum Gasteiger partial charge on any atom is 0.175 e. The van der Waals surface area contributed by atoms with Crippen molar-refractivity contribution >= 4 is 21.2 Å². The second-order valence-electron chi connectivity index (χ2n) is 4.26. The van der Waals surface area contributed by atoms with Gasteiger partial charge in [-0.25, -0.2) is 8.42 Å². The van der Waals surface area contributed by atoms with Gasteiger partial charge in [0.25, 0.3) is 0 Å². The quantitative estimate of drug-likeness (QED) is 0.933. The van der Waals surface area contributed by atoms with Crippen LogP contribution in [0.1, 0.15) is 24.4 Å². The van der Waals surface area contributed by atoms with Gasteiger partial charge in [0.05, 0.1) is 10.9 Å². The van der Waals surface area contributed by atoms with E-state index < -0.39 is 9.84 Å². The summed E-state index contributed by atoms with van der Waals surface area (Å²) < 4.78 is 23.0. The van der Waals surface area contributed by atoms with Gasteiger partial charge in [-0.05, 0) is 18.6 Å². The molecule has 0 amide bonds. The van der Waals surface area contributed by atoms with Crippen molar-refractivity contribution in [1.29, 1.82) is 0 Å². The summed E-state index contributed by atoms with van der Waals surface area (Å²) in [5.41, 5.74) is 6.64. The van der Waals surface area contributed by atoms with E-state index in [1.807, 2.05) is 13.0 Å². The maximum absolute atomic E-state index is 11.5. The smallest absolute Gasteiger partial charge is 0.175 e. The number of nitrogens with two attached hydrogens (primary N) is 1. The molecule has 102 valence electrons. The van der Waals surface area contributed by atoms with Crippen LogP contribution in [-0.2, 0) is 9.84 Å². The van der Waals surface area contributed by atoms with Crippen LogP contribution in [0, 0.1) is 0 Å². The van der Waals surface area contributed by atoms with Crippen molar-refractivity contribution in [3.63, 3.8) is 0 Å². The van der Waals surface area contributed by atoms with E-state index in [4.69, 9.17) is 5.73 Å². The van der Waals surface area contributed by atoms with Crippen molar-refractivity contribution in [3.05, 3.63) is 29.3 Å². The zero-order valence-electron chi connectivity index (χ0n) is 10.7. The number of sulfone groups is 1. The summed E-state index contributed by atoms with van der Waals surface area (Å²) in [5.74, 6) is 0. The van der Waals surface area contributed by atoms with Gasteiger partial charge in [0, 0.05) is 11.8 Å². The third-order valence-electron chi connectivity index (χ3n) is 2.71. The molecule has 7 heteroatoms. The summed E-state index contributed by atoms with van der Waals surface area (Å²) in [6.45, 7) is 1.98. The van der Waals surface area contributed by atoms with E-state index in [2.05, 4.69) is 10.2 Å². The van der Waals surface area contributed by atoms with Crippen molar-refractivity contribution in [2.24, 2.45) is 5.73 Å². The highest BCUT2D eigenvalue weighted by molar-refractivity contribution is 7.90. The van der Waals surface area contributed by atoms with Crippen LogP contribution in [0.2, 0.25) is 0 Å². The molecule has 0 saturated carbocycles.